The summed E-state index contributed by atoms with van der Waals surface area (Å²) >= 11 is 0. The number of carbonyl (C=O) groups excluding carboxylic acids is 1. The number of pyridine rings is 1. The quantitative estimate of drug-likeness (QED) is 0.538. The van der Waals surface area contributed by atoms with Crippen molar-refractivity contribution in [3.8, 4) is 0 Å². The van der Waals surface area contributed by atoms with Gasteiger partial charge in [-0.25, -0.2) is 9.78 Å². The minimum atomic E-state index is -0.216. The van der Waals surface area contributed by atoms with Gasteiger partial charge in [0.05, 0.1) is 11.6 Å². The first-order valence-electron chi connectivity index (χ1n) is 9.01. The first-order chi connectivity index (χ1) is 13.4. The van der Waals surface area contributed by atoms with Crippen LogP contribution in [0.5, 0.6) is 0 Å². The monoisotopic (exact) mass is 375 g/mol. The number of aryl methyl sites for hydroxylation is 1. The van der Waals surface area contributed by atoms with Crippen molar-refractivity contribution in [2.24, 2.45) is 7.05 Å². The molecule has 0 bridgehead atoms. The van der Waals surface area contributed by atoms with Crippen LogP contribution in [-0.2, 0) is 11.8 Å². The summed E-state index contributed by atoms with van der Waals surface area (Å²) in [6, 6.07) is 11.8. The molecular weight excluding hydrogens is 354 g/mol. The van der Waals surface area contributed by atoms with Crippen LogP contribution in [0.15, 0.2) is 53.5 Å². The van der Waals surface area contributed by atoms with Crippen molar-refractivity contribution in [2.75, 3.05) is 7.05 Å². The number of fused-ring (bicyclic) bond motifs is 2. The summed E-state index contributed by atoms with van der Waals surface area (Å²) in [5.41, 5.74) is 3.79. The molecule has 0 radical (unpaired) electrons. The van der Waals surface area contributed by atoms with Gasteiger partial charge in [-0.15, -0.1) is 0 Å². The Labute approximate surface area is 161 Å². The van der Waals surface area contributed by atoms with Gasteiger partial charge in [0.2, 0.25) is 5.91 Å². The van der Waals surface area contributed by atoms with E-state index in [-0.39, 0.29) is 17.6 Å². The van der Waals surface area contributed by atoms with Gasteiger partial charge in [0.1, 0.15) is 0 Å². The van der Waals surface area contributed by atoms with Gasteiger partial charge in [0.15, 0.2) is 5.65 Å². The molecule has 28 heavy (non-hydrogen) atoms. The molecule has 142 valence electrons. The topological polar surface area (TPSA) is 86.8 Å². The number of amides is 1. The standard InChI is InChI=1S/C21H21N5O2/c1-13(17-11-15-6-4-5-7-16(15)23-17)25(2)19(27)9-8-14-10-18-20(22-12-14)24-21(28)26(18)3/h4-13,23H,1-3H3,(H,22,24,28). The lowest BCUT2D eigenvalue weighted by atomic mass is 10.2. The van der Waals surface area contributed by atoms with Crippen molar-refractivity contribution in [1.29, 1.82) is 0 Å². The van der Waals surface area contributed by atoms with Gasteiger partial charge in [-0.1, -0.05) is 18.2 Å². The lowest BCUT2D eigenvalue weighted by molar-refractivity contribution is -0.126. The molecule has 4 rings (SSSR count). The average Bonchev–Trinajstić information content (AvgIpc) is 3.26. The number of benzene rings is 1. The third-order valence-corrected chi connectivity index (χ3v) is 5.13. The third-order valence-electron chi connectivity index (χ3n) is 5.13. The zero-order valence-corrected chi connectivity index (χ0v) is 15.9. The number of nitrogens with one attached hydrogen (secondary N) is 2. The van der Waals surface area contributed by atoms with Gasteiger partial charge >= 0.3 is 5.69 Å². The highest BCUT2D eigenvalue weighted by atomic mass is 16.2. The van der Waals surface area contributed by atoms with Crippen LogP contribution < -0.4 is 5.69 Å². The highest BCUT2D eigenvalue weighted by Gasteiger charge is 2.17. The van der Waals surface area contributed by atoms with E-state index in [0.717, 1.165) is 22.2 Å². The van der Waals surface area contributed by atoms with Gasteiger partial charge < -0.3 is 9.88 Å². The number of imidazole rings is 1. The molecule has 0 aliphatic rings. The van der Waals surface area contributed by atoms with E-state index in [1.165, 1.54) is 10.6 Å². The van der Waals surface area contributed by atoms with Gasteiger partial charge in [-0.2, -0.15) is 0 Å². The number of likely N-dealkylation sites (N-methyl/N-ethyl adjacent to an activating group) is 1. The summed E-state index contributed by atoms with van der Waals surface area (Å²) in [6.07, 6.45) is 4.86. The second-order valence-electron chi connectivity index (χ2n) is 6.90. The van der Waals surface area contributed by atoms with E-state index in [9.17, 15) is 9.59 Å². The van der Waals surface area contributed by atoms with Crippen molar-refractivity contribution in [1.82, 2.24) is 24.4 Å². The van der Waals surface area contributed by atoms with Gasteiger partial charge in [0.25, 0.3) is 0 Å². The molecule has 0 aliphatic carbocycles. The van der Waals surface area contributed by atoms with Crippen LogP contribution in [0.4, 0.5) is 0 Å². The van der Waals surface area contributed by atoms with E-state index in [2.05, 4.69) is 21.0 Å². The Bertz CT molecular complexity index is 1230. The molecule has 1 aromatic carbocycles. The number of aromatic nitrogens is 4. The zero-order chi connectivity index (χ0) is 19.8. The van der Waals surface area contributed by atoms with Crippen molar-refractivity contribution < 1.29 is 4.79 Å². The number of H-pyrrole nitrogens is 2. The number of hydrogen-bond donors (Lipinski definition) is 2. The highest BCUT2D eigenvalue weighted by Crippen LogP contribution is 2.23. The second-order valence-corrected chi connectivity index (χ2v) is 6.90. The molecular formula is C21H21N5O2. The smallest absolute Gasteiger partial charge is 0.327 e. The SMILES string of the molecule is CC(c1cc2ccccc2[nH]1)N(C)C(=O)C=Cc1cnc2[nH]c(=O)n(C)c2c1. The summed E-state index contributed by atoms with van der Waals surface area (Å²) in [7, 11) is 3.46. The Hall–Kier alpha value is -3.61. The lowest BCUT2D eigenvalue weighted by Crippen LogP contribution is -2.28. The van der Waals surface area contributed by atoms with Crippen LogP contribution >= 0.6 is 0 Å². The van der Waals surface area contributed by atoms with E-state index in [4.69, 9.17) is 0 Å². The maximum atomic E-state index is 12.6. The van der Waals surface area contributed by atoms with Crippen LogP contribution in [0.25, 0.3) is 28.1 Å². The molecule has 0 spiro atoms. The average molecular weight is 375 g/mol. The minimum absolute atomic E-state index is 0.101. The zero-order valence-electron chi connectivity index (χ0n) is 15.9. The molecule has 0 saturated heterocycles. The van der Waals surface area contributed by atoms with Crippen molar-refractivity contribution in [3.05, 3.63) is 70.4 Å². The van der Waals surface area contributed by atoms with Crippen LogP contribution in [0.2, 0.25) is 0 Å². The number of rotatable bonds is 4. The van der Waals surface area contributed by atoms with Crippen molar-refractivity contribution >= 4 is 34.1 Å². The maximum Gasteiger partial charge on any atom is 0.327 e. The molecule has 0 fully saturated rings. The maximum absolute atomic E-state index is 12.6. The Kier molecular flexibility index (Phi) is 4.35. The number of aromatic amines is 2. The summed E-state index contributed by atoms with van der Waals surface area (Å²) in [6.45, 7) is 1.99. The molecule has 3 heterocycles. The van der Waals surface area contributed by atoms with E-state index >= 15 is 0 Å². The molecule has 4 aromatic rings. The summed E-state index contributed by atoms with van der Waals surface area (Å²) in [4.78, 5) is 36.2. The van der Waals surface area contributed by atoms with E-state index in [0.29, 0.717) is 11.2 Å². The summed E-state index contributed by atoms with van der Waals surface area (Å²) < 4.78 is 1.49. The van der Waals surface area contributed by atoms with Crippen LogP contribution in [0.3, 0.4) is 0 Å². The Morgan fingerprint density at radius 3 is 2.82 bits per heavy atom. The van der Waals surface area contributed by atoms with Crippen molar-refractivity contribution in [2.45, 2.75) is 13.0 Å². The molecule has 0 aliphatic heterocycles. The molecule has 1 amide bonds. The van der Waals surface area contributed by atoms with E-state index in [1.54, 1.807) is 31.3 Å². The van der Waals surface area contributed by atoms with Gasteiger partial charge in [-0.05, 0) is 42.1 Å². The Balaban J connectivity index is 1.53. The normalized spacial score (nSPS) is 12.8. The number of para-hydroxylation sites is 1. The lowest BCUT2D eigenvalue weighted by Gasteiger charge is -2.22. The van der Waals surface area contributed by atoms with Gasteiger partial charge in [0, 0.05) is 37.6 Å². The molecule has 7 nitrogen and oxygen atoms in total. The fraction of sp³-hybridized carbons (Fsp3) is 0.190. The fourth-order valence-corrected chi connectivity index (χ4v) is 3.21. The molecule has 1 unspecified atom stereocenters. The first-order valence-corrected chi connectivity index (χ1v) is 9.01. The Morgan fingerprint density at radius 1 is 1.25 bits per heavy atom. The predicted octanol–water partition coefficient (Wildman–Crippen LogP) is 2.98. The molecule has 0 saturated carbocycles. The van der Waals surface area contributed by atoms with Crippen LogP contribution in [0, 0.1) is 0 Å². The predicted molar refractivity (Wildman–Crippen MR) is 110 cm³/mol. The Morgan fingerprint density at radius 2 is 2.04 bits per heavy atom. The minimum Gasteiger partial charge on any atom is -0.357 e. The van der Waals surface area contributed by atoms with Gasteiger partial charge in [-0.3, -0.25) is 14.3 Å². The molecule has 3 aromatic heterocycles. The second kappa shape index (κ2) is 6.84. The highest BCUT2D eigenvalue weighted by molar-refractivity contribution is 5.92. The molecule has 1 atom stereocenters. The van der Waals surface area contributed by atoms with Crippen LogP contribution in [-0.4, -0.2) is 37.4 Å². The van der Waals surface area contributed by atoms with E-state index in [1.807, 2.05) is 37.3 Å². The number of nitrogens with zero attached hydrogens (tertiary/aromatic N) is 3. The molecule has 7 heteroatoms. The van der Waals surface area contributed by atoms with Crippen LogP contribution in [0.1, 0.15) is 24.2 Å². The van der Waals surface area contributed by atoms with Crippen molar-refractivity contribution in [3.63, 3.8) is 0 Å². The fourth-order valence-electron chi connectivity index (χ4n) is 3.21. The largest absolute Gasteiger partial charge is 0.357 e. The first kappa shape index (κ1) is 17.8. The van der Waals surface area contributed by atoms with E-state index < -0.39 is 0 Å². The summed E-state index contributed by atoms with van der Waals surface area (Å²) in [5.74, 6) is -0.116. The molecule has 2 N–H and O–H groups in total. The third kappa shape index (κ3) is 3.11. The summed E-state index contributed by atoms with van der Waals surface area (Å²) in [5, 5.41) is 1.12. The number of carbonyl (C=O) groups is 1. The number of hydrogen-bond acceptors (Lipinski definition) is 3.